The minimum atomic E-state index is -0.753. The number of aromatic nitrogens is 2. The average Bonchev–Trinajstić information content (AvgIpc) is 3.59. The van der Waals surface area contributed by atoms with Crippen molar-refractivity contribution in [1.82, 2.24) is 20.4 Å². The van der Waals surface area contributed by atoms with Gasteiger partial charge in [0.15, 0.2) is 11.5 Å². The number of ketones is 1. The molecule has 5 rings (SSSR count). The van der Waals surface area contributed by atoms with Crippen LogP contribution >= 0.6 is 11.6 Å². The van der Waals surface area contributed by atoms with E-state index in [0.29, 0.717) is 11.3 Å². The number of fused-ring (bicyclic) bond motifs is 1. The van der Waals surface area contributed by atoms with Gasteiger partial charge < -0.3 is 19.4 Å². The van der Waals surface area contributed by atoms with Gasteiger partial charge >= 0.3 is 0 Å². The van der Waals surface area contributed by atoms with Crippen LogP contribution in [-0.2, 0) is 14.3 Å². The standard InChI is InChI=1S/C22H23ClN4O5/c23-14-10-27(19-15(28)11-31-20(14)19)22(30)18(12-3-1-2-4-12)26-21(29)17-6-5-16(32-17)13-7-8-24-25-9-13/h5-9,12,14,18-20H,1-4,10-11H2,(H,26,29). The lowest BCUT2D eigenvalue weighted by atomic mass is 9.96. The van der Waals surface area contributed by atoms with Crippen LogP contribution in [0.3, 0.4) is 0 Å². The van der Waals surface area contributed by atoms with Crippen molar-refractivity contribution in [3.63, 3.8) is 0 Å². The molecule has 0 spiro atoms. The number of furan rings is 1. The third-order valence-electron chi connectivity index (χ3n) is 6.53. The maximum atomic E-state index is 13.6. The monoisotopic (exact) mass is 458 g/mol. The second kappa shape index (κ2) is 8.63. The van der Waals surface area contributed by atoms with Crippen LogP contribution in [0.25, 0.3) is 11.3 Å². The summed E-state index contributed by atoms with van der Waals surface area (Å²) in [6.07, 6.45) is 6.24. The molecule has 0 aromatic carbocycles. The lowest BCUT2D eigenvalue weighted by molar-refractivity contribution is -0.139. The first-order valence-electron chi connectivity index (χ1n) is 10.8. The molecule has 0 radical (unpaired) electrons. The molecule has 2 aromatic rings. The van der Waals surface area contributed by atoms with Crippen LogP contribution in [0.5, 0.6) is 0 Å². The molecule has 168 valence electrons. The minimum absolute atomic E-state index is 0.00414. The molecule has 10 heteroatoms. The molecule has 2 saturated heterocycles. The van der Waals surface area contributed by atoms with Crippen molar-refractivity contribution in [1.29, 1.82) is 0 Å². The van der Waals surface area contributed by atoms with Gasteiger partial charge in [0, 0.05) is 12.1 Å². The Bertz CT molecular complexity index is 1020. The molecule has 0 bridgehead atoms. The average molecular weight is 459 g/mol. The molecule has 1 aliphatic carbocycles. The highest BCUT2D eigenvalue weighted by Gasteiger charge is 2.53. The molecule has 4 unspecified atom stereocenters. The van der Waals surface area contributed by atoms with Gasteiger partial charge in [0.25, 0.3) is 5.91 Å². The minimum Gasteiger partial charge on any atom is -0.451 e. The number of nitrogens with zero attached hydrogens (tertiary/aromatic N) is 3. The van der Waals surface area contributed by atoms with Crippen molar-refractivity contribution in [3.8, 4) is 11.3 Å². The van der Waals surface area contributed by atoms with E-state index in [2.05, 4.69) is 15.5 Å². The van der Waals surface area contributed by atoms with E-state index in [4.69, 9.17) is 20.8 Å². The van der Waals surface area contributed by atoms with Crippen LogP contribution < -0.4 is 5.32 Å². The number of carbonyl (C=O) groups excluding carboxylic acids is 3. The van der Waals surface area contributed by atoms with Crippen molar-refractivity contribution in [2.45, 2.75) is 49.2 Å². The highest BCUT2D eigenvalue weighted by molar-refractivity contribution is 6.22. The van der Waals surface area contributed by atoms with Crippen LogP contribution in [0.4, 0.5) is 0 Å². The quantitative estimate of drug-likeness (QED) is 0.679. The number of ether oxygens (including phenoxy) is 1. The maximum Gasteiger partial charge on any atom is 0.287 e. The molecule has 4 atom stereocenters. The van der Waals surface area contributed by atoms with Gasteiger partial charge in [-0.15, -0.1) is 11.6 Å². The molecule has 4 heterocycles. The van der Waals surface area contributed by atoms with Crippen molar-refractivity contribution < 1.29 is 23.5 Å². The Morgan fingerprint density at radius 2 is 2.00 bits per heavy atom. The molecule has 3 aliphatic rings. The lowest BCUT2D eigenvalue weighted by Crippen LogP contribution is -2.54. The summed E-state index contributed by atoms with van der Waals surface area (Å²) >= 11 is 6.36. The molecule has 2 aliphatic heterocycles. The van der Waals surface area contributed by atoms with Crippen LogP contribution in [0.2, 0.25) is 0 Å². The molecule has 2 amide bonds. The number of carbonyl (C=O) groups is 3. The van der Waals surface area contributed by atoms with E-state index in [0.717, 1.165) is 25.7 Å². The molecule has 3 fully saturated rings. The van der Waals surface area contributed by atoms with Gasteiger partial charge in [0.2, 0.25) is 5.91 Å². The normalized spacial score (nSPS) is 26.3. The van der Waals surface area contributed by atoms with Gasteiger partial charge in [0.1, 0.15) is 30.6 Å². The lowest BCUT2D eigenvalue weighted by Gasteiger charge is -2.30. The predicted octanol–water partition coefficient (Wildman–Crippen LogP) is 1.81. The molecular weight excluding hydrogens is 436 g/mol. The second-order valence-corrected chi connectivity index (χ2v) is 9.04. The number of nitrogens with one attached hydrogen (secondary N) is 1. The molecule has 1 N–H and O–H groups in total. The summed E-state index contributed by atoms with van der Waals surface area (Å²) in [7, 11) is 0. The Hall–Kier alpha value is -2.78. The highest BCUT2D eigenvalue weighted by atomic mass is 35.5. The number of Topliss-reactive ketones (excluding diaryl/α,β-unsaturated/α-hetero) is 1. The van der Waals surface area contributed by atoms with E-state index in [1.54, 1.807) is 24.4 Å². The SMILES string of the molecule is O=C(NC(C(=O)N1CC(Cl)C2OCC(=O)C21)C1CCCC1)c1ccc(-c2ccnnc2)o1. The predicted molar refractivity (Wildman–Crippen MR) is 113 cm³/mol. The zero-order valence-corrected chi connectivity index (χ0v) is 18.0. The zero-order valence-electron chi connectivity index (χ0n) is 17.3. The van der Waals surface area contributed by atoms with E-state index in [1.807, 2.05) is 0 Å². The summed E-state index contributed by atoms with van der Waals surface area (Å²) in [5, 5.41) is 9.98. The Kier molecular flexibility index (Phi) is 5.69. The first-order chi connectivity index (χ1) is 15.5. The van der Waals surface area contributed by atoms with Gasteiger partial charge in [-0.3, -0.25) is 14.4 Å². The highest BCUT2D eigenvalue weighted by Crippen LogP contribution is 2.34. The topological polar surface area (TPSA) is 115 Å². The third kappa shape index (κ3) is 3.80. The number of hydrogen-bond donors (Lipinski definition) is 1. The van der Waals surface area contributed by atoms with Gasteiger partial charge in [-0.2, -0.15) is 10.2 Å². The van der Waals surface area contributed by atoms with E-state index in [9.17, 15) is 14.4 Å². The van der Waals surface area contributed by atoms with E-state index in [1.165, 1.54) is 11.1 Å². The molecular formula is C22H23ClN4O5. The number of halogens is 1. The molecule has 1 saturated carbocycles. The van der Waals surface area contributed by atoms with Crippen LogP contribution in [0.15, 0.2) is 35.0 Å². The number of alkyl halides is 1. The summed E-state index contributed by atoms with van der Waals surface area (Å²) in [5.41, 5.74) is 0.693. The van der Waals surface area contributed by atoms with Crippen molar-refractivity contribution >= 4 is 29.2 Å². The summed E-state index contributed by atoms with van der Waals surface area (Å²) < 4.78 is 11.2. The first-order valence-corrected chi connectivity index (χ1v) is 11.2. The smallest absolute Gasteiger partial charge is 0.287 e. The van der Waals surface area contributed by atoms with Crippen molar-refractivity contribution in [2.24, 2.45) is 5.92 Å². The Morgan fingerprint density at radius 3 is 2.75 bits per heavy atom. The Morgan fingerprint density at radius 1 is 1.19 bits per heavy atom. The summed E-state index contributed by atoms with van der Waals surface area (Å²) in [6.45, 7) is 0.183. The number of hydrogen-bond acceptors (Lipinski definition) is 7. The molecule has 32 heavy (non-hydrogen) atoms. The summed E-state index contributed by atoms with van der Waals surface area (Å²) in [4.78, 5) is 40.4. The molecule has 2 aromatic heterocycles. The number of rotatable bonds is 5. The van der Waals surface area contributed by atoms with E-state index in [-0.39, 0.29) is 36.5 Å². The third-order valence-corrected chi connectivity index (χ3v) is 6.91. The fourth-order valence-electron chi connectivity index (χ4n) is 4.94. The van der Waals surface area contributed by atoms with Crippen LogP contribution in [0.1, 0.15) is 36.2 Å². The van der Waals surface area contributed by atoms with Crippen molar-refractivity contribution in [3.05, 3.63) is 36.4 Å². The number of amides is 2. The first kappa shape index (κ1) is 21.1. The van der Waals surface area contributed by atoms with Gasteiger partial charge in [-0.1, -0.05) is 12.8 Å². The second-order valence-electron chi connectivity index (χ2n) is 8.48. The zero-order chi connectivity index (χ0) is 22.2. The largest absolute Gasteiger partial charge is 0.451 e. The summed E-state index contributed by atoms with van der Waals surface area (Å²) in [6, 6.07) is 3.54. The van der Waals surface area contributed by atoms with Crippen LogP contribution in [0, 0.1) is 5.92 Å². The van der Waals surface area contributed by atoms with Crippen LogP contribution in [-0.4, -0.2) is 69.4 Å². The molecule has 9 nitrogen and oxygen atoms in total. The number of likely N-dealkylation sites (tertiary alicyclic amines) is 1. The fourth-order valence-corrected chi connectivity index (χ4v) is 5.30. The summed E-state index contributed by atoms with van der Waals surface area (Å²) in [5.74, 6) is -0.333. The van der Waals surface area contributed by atoms with Gasteiger partial charge in [-0.25, -0.2) is 0 Å². The van der Waals surface area contributed by atoms with Gasteiger partial charge in [-0.05, 0) is 37.0 Å². The maximum absolute atomic E-state index is 13.6. The Balaban J connectivity index is 1.36. The van der Waals surface area contributed by atoms with E-state index < -0.39 is 29.5 Å². The van der Waals surface area contributed by atoms with E-state index >= 15 is 0 Å². The fraction of sp³-hybridized carbons (Fsp3) is 0.500. The van der Waals surface area contributed by atoms with Crippen molar-refractivity contribution in [2.75, 3.05) is 13.2 Å². The Labute approximate surface area is 189 Å². The van der Waals surface area contributed by atoms with Gasteiger partial charge in [0.05, 0.1) is 17.8 Å².